The maximum atomic E-state index is 12.9. The van der Waals surface area contributed by atoms with Gasteiger partial charge in [0.25, 0.3) is 0 Å². The first-order chi connectivity index (χ1) is 8.84. The molecule has 108 valence electrons. The lowest BCUT2D eigenvalue weighted by atomic mass is 10.1. The Morgan fingerprint density at radius 1 is 1.32 bits per heavy atom. The highest BCUT2D eigenvalue weighted by Crippen LogP contribution is 2.33. The molecule has 0 spiro atoms. The van der Waals surface area contributed by atoms with Crippen LogP contribution in [-0.2, 0) is 12.7 Å². The molecule has 0 saturated carbocycles. The topological polar surface area (TPSA) is 24.1 Å². The second-order valence-corrected chi connectivity index (χ2v) is 5.30. The smallest absolute Gasteiger partial charge is 0.315 e. The number of hydrogen-bond donors (Lipinski definition) is 2. The molecule has 0 fully saturated rings. The summed E-state index contributed by atoms with van der Waals surface area (Å²) in [6, 6.07) is 4.36. The third kappa shape index (κ3) is 5.50. The molecule has 2 N–H and O–H groups in total. The summed E-state index contributed by atoms with van der Waals surface area (Å²) >= 11 is 3.07. The average Bonchev–Trinajstić information content (AvgIpc) is 2.33. The van der Waals surface area contributed by atoms with E-state index in [1.54, 1.807) is 6.07 Å². The zero-order valence-corrected chi connectivity index (χ0v) is 12.5. The van der Waals surface area contributed by atoms with Gasteiger partial charge in [0.1, 0.15) is 0 Å². The van der Waals surface area contributed by atoms with Crippen molar-refractivity contribution < 1.29 is 13.2 Å². The molecule has 0 aromatic heterocycles. The van der Waals surface area contributed by atoms with Crippen LogP contribution in [0.15, 0.2) is 22.7 Å². The minimum Gasteiger partial charge on any atom is -0.315 e. The molecular formula is C13H18BrF3N2. The normalized spacial score (nSPS) is 13.6. The molecule has 0 radical (unpaired) electrons. The van der Waals surface area contributed by atoms with Gasteiger partial charge >= 0.3 is 6.18 Å². The highest BCUT2D eigenvalue weighted by atomic mass is 79.9. The van der Waals surface area contributed by atoms with Crippen molar-refractivity contribution in [3.05, 3.63) is 33.8 Å². The minimum atomic E-state index is -4.33. The van der Waals surface area contributed by atoms with Gasteiger partial charge in [0.05, 0.1) is 5.56 Å². The number of halogens is 4. The lowest BCUT2D eigenvalue weighted by molar-refractivity contribution is -0.138. The first kappa shape index (κ1) is 16.5. The summed E-state index contributed by atoms with van der Waals surface area (Å²) in [4.78, 5) is 0. The van der Waals surface area contributed by atoms with Gasteiger partial charge < -0.3 is 10.6 Å². The molecule has 6 heteroatoms. The predicted molar refractivity (Wildman–Crippen MR) is 74.0 cm³/mol. The van der Waals surface area contributed by atoms with Crippen LogP contribution in [0.2, 0.25) is 0 Å². The first-order valence-corrected chi connectivity index (χ1v) is 6.93. The van der Waals surface area contributed by atoms with E-state index in [2.05, 4.69) is 26.6 Å². The lowest BCUT2D eigenvalue weighted by Gasteiger charge is -2.17. The molecule has 1 rings (SSSR count). The van der Waals surface area contributed by atoms with Gasteiger partial charge in [-0.3, -0.25) is 0 Å². The molecule has 0 bridgehead atoms. The Hall–Kier alpha value is -0.590. The van der Waals surface area contributed by atoms with Gasteiger partial charge in [0.15, 0.2) is 0 Å². The summed E-state index contributed by atoms with van der Waals surface area (Å²) in [6.45, 7) is 5.71. The fraction of sp³-hybridized carbons (Fsp3) is 0.538. The van der Waals surface area contributed by atoms with Gasteiger partial charge in [0, 0.05) is 23.6 Å². The quantitative estimate of drug-likeness (QED) is 0.828. The Morgan fingerprint density at radius 2 is 2.00 bits per heavy atom. The first-order valence-electron chi connectivity index (χ1n) is 6.14. The number of nitrogens with one attached hydrogen (secondary N) is 2. The van der Waals surface area contributed by atoms with Crippen LogP contribution in [0.5, 0.6) is 0 Å². The molecule has 0 amide bonds. The highest BCUT2D eigenvalue weighted by Gasteiger charge is 2.33. The number of benzene rings is 1. The van der Waals surface area contributed by atoms with Crippen LogP contribution >= 0.6 is 15.9 Å². The number of rotatable bonds is 6. The molecule has 0 aliphatic heterocycles. The third-order valence-electron chi connectivity index (χ3n) is 2.72. The fourth-order valence-electron chi connectivity index (χ4n) is 1.68. The second kappa shape index (κ2) is 7.26. The van der Waals surface area contributed by atoms with Crippen LogP contribution in [0.4, 0.5) is 13.2 Å². The number of alkyl halides is 3. The van der Waals surface area contributed by atoms with E-state index in [1.807, 2.05) is 13.8 Å². The predicted octanol–water partition coefficient (Wildman–Crippen LogP) is 3.56. The van der Waals surface area contributed by atoms with E-state index in [1.165, 1.54) is 6.07 Å². The van der Waals surface area contributed by atoms with Gasteiger partial charge in [-0.05, 0) is 31.2 Å². The van der Waals surface area contributed by atoms with Crippen LogP contribution in [-0.4, -0.2) is 19.1 Å². The van der Waals surface area contributed by atoms with E-state index in [0.29, 0.717) is 4.47 Å². The van der Waals surface area contributed by atoms with Gasteiger partial charge in [-0.1, -0.05) is 28.9 Å². The zero-order valence-electron chi connectivity index (χ0n) is 10.9. The summed E-state index contributed by atoms with van der Waals surface area (Å²) in [5, 5.41) is 6.23. The van der Waals surface area contributed by atoms with Crippen LogP contribution in [0, 0.1) is 0 Å². The van der Waals surface area contributed by atoms with Crippen molar-refractivity contribution in [3.8, 4) is 0 Å². The molecule has 1 atom stereocenters. The monoisotopic (exact) mass is 338 g/mol. The third-order valence-corrected chi connectivity index (χ3v) is 3.21. The SMILES string of the molecule is CCNCC(C)NCc1ccc(Br)cc1C(F)(F)F. The van der Waals surface area contributed by atoms with Gasteiger partial charge in [-0.25, -0.2) is 0 Å². The molecule has 0 heterocycles. The molecule has 19 heavy (non-hydrogen) atoms. The van der Waals surface area contributed by atoms with Crippen molar-refractivity contribution in [3.63, 3.8) is 0 Å². The van der Waals surface area contributed by atoms with Crippen molar-refractivity contribution >= 4 is 15.9 Å². The Kier molecular flexibility index (Phi) is 6.29. The summed E-state index contributed by atoms with van der Waals surface area (Å²) in [6.07, 6.45) is -4.33. The van der Waals surface area contributed by atoms with E-state index in [4.69, 9.17) is 0 Å². The molecule has 1 aromatic carbocycles. The Balaban J connectivity index is 2.73. The molecule has 0 saturated heterocycles. The molecule has 1 aromatic rings. The van der Waals surface area contributed by atoms with E-state index in [9.17, 15) is 13.2 Å². The van der Waals surface area contributed by atoms with E-state index >= 15 is 0 Å². The standard InChI is InChI=1S/C13H18BrF3N2/c1-3-18-7-9(2)19-8-10-4-5-11(14)6-12(10)13(15,16)17/h4-6,9,18-19H,3,7-8H2,1-2H3. The molecular weight excluding hydrogens is 321 g/mol. The number of hydrogen-bond acceptors (Lipinski definition) is 2. The maximum absolute atomic E-state index is 12.9. The van der Waals surface area contributed by atoms with Crippen molar-refractivity contribution in [2.75, 3.05) is 13.1 Å². The van der Waals surface area contributed by atoms with E-state index < -0.39 is 11.7 Å². The summed E-state index contributed by atoms with van der Waals surface area (Å²) in [7, 11) is 0. The Labute approximate surface area is 119 Å². The molecule has 2 nitrogen and oxygen atoms in total. The highest BCUT2D eigenvalue weighted by molar-refractivity contribution is 9.10. The van der Waals surface area contributed by atoms with Crippen molar-refractivity contribution in [1.29, 1.82) is 0 Å². The number of likely N-dealkylation sites (N-methyl/N-ethyl adjacent to an activating group) is 1. The van der Waals surface area contributed by atoms with Crippen molar-refractivity contribution in [2.24, 2.45) is 0 Å². The van der Waals surface area contributed by atoms with Gasteiger partial charge in [-0.15, -0.1) is 0 Å². The Bertz CT molecular complexity index is 407. The van der Waals surface area contributed by atoms with Crippen LogP contribution < -0.4 is 10.6 Å². The van der Waals surface area contributed by atoms with E-state index in [-0.39, 0.29) is 18.2 Å². The van der Waals surface area contributed by atoms with Crippen molar-refractivity contribution in [1.82, 2.24) is 10.6 Å². The lowest BCUT2D eigenvalue weighted by Crippen LogP contribution is -2.36. The molecule has 0 aliphatic carbocycles. The molecule has 1 unspecified atom stereocenters. The second-order valence-electron chi connectivity index (χ2n) is 4.39. The summed E-state index contributed by atoms with van der Waals surface area (Å²) in [5.74, 6) is 0. The van der Waals surface area contributed by atoms with E-state index in [0.717, 1.165) is 19.2 Å². The van der Waals surface area contributed by atoms with Gasteiger partial charge in [-0.2, -0.15) is 13.2 Å². The van der Waals surface area contributed by atoms with Crippen molar-refractivity contribution in [2.45, 2.75) is 32.6 Å². The Morgan fingerprint density at radius 3 is 2.58 bits per heavy atom. The van der Waals surface area contributed by atoms with Crippen LogP contribution in [0.1, 0.15) is 25.0 Å². The molecule has 0 aliphatic rings. The maximum Gasteiger partial charge on any atom is 0.416 e. The average molecular weight is 339 g/mol. The van der Waals surface area contributed by atoms with Gasteiger partial charge in [0.2, 0.25) is 0 Å². The summed E-state index contributed by atoms with van der Waals surface area (Å²) in [5.41, 5.74) is -0.330. The zero-order chi connectivity index (χ0) is 14.5. The fourth-order valence-corrected chi connectivity index (χ4v) is 2.05. The largest absolute Gasteiger partial charge is 0.416 e. The van der Waals surface area contributed by atoms with Crippen LogP contribution in [0.25, 0.3) is 0 Å². The minimum absolute atomic E-state index is 0.115. The summed E-state index contributed by atoms with van der Waals surface area (Å²) < 4.78 is 39.1. The van der Waals surface area contributed by atoms with Crippen LogP contribution in [0.3, 0.4) is 0 Å².